The Kier molecular flexibility index (Phi) is 9.71. The Morgan fingerprint density at radius 3 is 2.15 bits per heavy atom. The van der Waals surface area contributed by atoms with Crippen LogP contribution in [0.1, 0.15) is 21.5 Å². The standard InChI is InChI=1S/C19H22BrFN4O.HI/c1-22-19(24-12-14-6-9-16(20)17(21)10-14)23-11-13-4-7-15(8-5-13)18(26)25(2)3;/h4-10H,11-12H2,1-3H3,(H2,22,23,24);1H. The van der Waals surface area contributed by atoms with Gasteiger partial charge in [-0.05, 0) is 51.3 Å². The number of carbonyl (C=O) groups is 1. The molecule has 0 heterocycles. The monoisotopic (exact) mass is 548 g/mol. The van der Waals surface area contributed by atoms with Crippen LogP contribution in [0.4, 0.5) is 4.39 Å². The number of carbonyl (C=O) groups excluding carboxylic acids is 1. The molecule has 146 valence electrons. The maximum Gasteiger partial charge on any atom is 0.253 e. The van der Waals surface area contributed by atoms with Crippen LogP contribution in [0, 0.1) is 5.82 Å². The molecule has 8 heteroatoms. The van der Waals surface area contributed by atoms with Crippen LogP contribution in [-0.2, 0) is 13.1 Å². The molecule has 1 amide bonds. The van der Waals surface area contributed by atoms with Crippen molar-refractivity contribution in [3.05, 3.63) is 69.4 Å². The first-order chi connectivity index (χ1) is 12.4. The van der Waals surface area contributed by atoms with Gasteiger partial charge in [0.15, 0.2) is 5.96 Å². The molecule has 0 atom stereocenters. The molecule has 2 aromatic rings. The number of rotatable bonds is 5. The Hall–Kier alpha value is -1.68. The molecule has 27 heavy (non-hydrogen) atoms. The second-order valence-corrected chi connectivity index (χ2v) is 6.78. The number of hydrogen-bond donors (Lipinski definition) is 2. The van der Waals surface area contributed by atoms with Crippen LogP contribution in [0.2, 0.25) is 0 Å². The van der Waals surface area contributed by atoms with E-state index < -0.39 is 0 Å². The van der Waals surface area contributed by atoms with Crippen molar-refractivity contribution in [1.82, 2.24) is 15.5 Å². The summed E-state index contributed by atoms with van der Waals surface area (Å²) in [4.78, 5) is 17.6. The number of halogens is 3. The molecule has 0 spiro atoms. The number of nitrogens with one attached hydrogen (secondary N) is 2. The van der Waals surface area contributed by atoms with Gasteiger partial charge in [-0.3, -0.25) is 9.79 Å². The van der Waals surface area contributed by atoms with E-state index in [0.717, 1.165) is 11.1 Å². The molecule has 2 rings (SSSR count). The summed E-state index contributed by atoms with van der Waals surface area (Å²) in [5, 5.41) is 6.34. The van der Waals surface area contributed by atoms with E-state index in [1.807, 2.05) is 18.2 Å². The smallest absolute Gasteiger partial charge is 0.253 e. The Morgan fingerprint density at radius 1 is 1.07 bits per heavy atom. The van der Waals surface area contributed by atoms with Crippen molar-refractivity contribution in [2.75, 3.05) is 21.1 Å². The summed E-state index contributed by atoms with van der Waals surface area (Å²) in [6, 6.07) is 12.4. The molecular weight excluding hydrogens is 526 g/mol. The number of hydrogen-bond acceptors (Lipinski definition) is 2. The Labute approximate surface area is 184 Å². The third-order valence-corrected chi connectivity index (χ3v) is 4.38. The highest BCUT2D eigenvalue weighted by Gasteiger charge is 2.07. The minimum absolute atomic E-state index is 0. The fraction of sp³-hybridized carbons (Fsp3) is 0.263. The van der Waals surface area contributed by atoms with Gasteiger partial charge in [0.2, 0.25) is 0 Å². The molecule has 2 N–H and O–H groups in total. The Morgan fingerprint density at radius 2 is 1.63 bits per heavy atom. The molecule has 0 fully saturated rings. The lowest BCUT2D eigenvalue weighted by atomic mass is 10.1. The van der Waals surface area contributed by atoms with E-state index in [1.54, 1.807) is 44.2 Å². The minimum atomic E-state index is -0.292. The topological polar surface area (TPSA) is 56.7 Å². The molecule has 0 saturated heterocycles. The van der Waals surface area contributed by atoms with Crippen LogP contribution in [-0.4, -0.2) is 37.9 Å². The summed E-state index contributed by atoms with van der Waals surface area (Å²) in [6.45, 7) is 1.02. The van der Waals surface area contributed by atoms with Crippen molar-refractivity contribution < 1.29 is 9.18 Å². The van der Waals surface area contributed by atoms with E-state index >= 15 is 0 Å². The first kappa shape index (κ1) is 23.4. The number of aliphatic imine (C=N–C) groups is 1. The zero-order chi connectivity index (χ0) is 19.1. The summed E-state index contributed by atoms with van der Waals surface area (Å²) in [6.07, 6.45) is 0. The second-order valence-electron chi connectivity index (χ2n) is 5.92. The van der Waals surface area contributed by atoms with Crippen LogP contribution < -0.4 is 10.6 Å². The normalized spacial score (nSPS) is 10.8. The summed E-state index contributed by atoms with van der Waals surface area (Å²) < 4.78 is 14.0. The van der Waals surface area contributed by atoms with Gasteiger partial charge >= 0.3 is 0 Å². The maximum absolute atomic E-state index is 13.5. The van der Waals surface area contributed by atoms with Crippen LogP contribution in [0.3, 0.4) is 0 Å². The van der Waals surface area contributed by atoms with Crippen molar-refractivity contribution in [3.63, 3.8) is 0 Å². The summed E-state index contributed by atoms with van der Waals surface area (Å²) in [7, 11) is 5.13. The quantitative estimate of drug-likeness (QED) is 0.340. The van der Waals surface area contributed by atoms with Crippen LogP contribution >= 0.6 is 39.9 Å². The summed E-state index contributed by atoms with van der Waals surface area (Å²) >= 11 is 3.14. The van der Waals surface area contributed by atoms with E-state index in [4.69, 9.17) is 0 Å². The summed E-state index contributed by atoms with van der Waals surface area (Å²) in [5.41, 5.74) is 2.50. The van der Waals surface area contributed by atoms with Crippen molar-refractivity contribution in [2.45, 2.75) is 13.1 Å². The van der Waals surface area contributed by atoms with Gasteiger partial charge in [0.1, 0.15) is 5.82 Å². The lowest BCUT2D eigenvalue weighted by molar-refractivity contribution is 0.0827. The molecule has 0 aliphatic carbocycles. The number of amides is 1. The maximum atomic E-state index is 13.5. The van der Waals surface area contributed by atoms with E-state index in [0.29, 0.717) is 29.1 Å². The van der Waals surface area contributed by atoms with Crippen LogP contribution in [0.5, 0.6) is 0 Å². The number of guanidine groups is 1. The predicted molar refractivity (Wildman–Crippen MR) is 121 cm³/mol. The van der Waals surface area contributed by atoms with Gasteiger partial charge in [-0.15, -0.1) is 24.0 Å². The highest BCUT2D eigenvalue weighted by molar-refractivity contribution is 14.0. The minimum Gasteiger partial charge on any atom is -0.352 e. The van der Waals surface area contributed by atoms with E-state index in [2.05, 4.69) is 31.6 Å². The van der Waals surface area contributed by atoms with Crippen molar-refractivity contribution in [1.29, 1.82) is 0 Å². The molecule has 2 aromatic carbocycles. The average molecular weight is 549 g/mol. The van der Waals surface area contributed by atoms with Crippen LogP contribution in [0.15, 0.2) is 51.9 Å². The van der Waals surface area contributed by atoms with Crippen molar-refractivity contribution in [2.24, 2.45) is 4.99 Å². The number of benzene rings is 2. The zero-order valence-electron chi connectivity index (χ0n) is 15.4. The molecule has 0 unspecified atom stereocenters. The van der Waals surface area contributed by atoms with E-state index in [9.17, 15) is 9.18 Å². The first-order valence-electron chi connectivity index (χ1n) is 8.09. The van der Waals surface area contributed by atoms with Crippen molar-refractivity contribution in [3.8, 4) is 0 Å². The molecule has 5 nitrogen and oxygen atoms in total. The molecule has 0 saturated carbocycles. The Bertz CT molecular complexity index is 797. The lowest BCUT2D eigenvalue weighted by Gasteiger charge is -2.13. The zero-order valence-corrected chi connectivity index (χ0v) is 19.3. The third-order valence-electron chi connectivity index (χ3n) is 3.73. The third kappa shape index (κ3) is 7.10. The van der Waals surface area contributed by atoms with Gasteiger partial charge < -0.3 is 15.5 Å². The fourth-order valence-corrected chi connectivity index (χ4v) is 2.51. The van der Waals surface area contributed by atoms with Gasteiger partial charge in [0.05, 0.1) is 4.47 Å². The second kappa shape index (κ2) is 11.2. The molecule has 0 aromatic heterocycles. The number of nitrogens with zero attached hydrogens (tertiary/aromatic N) is 2. The lowest BCUT2D eigenvalue weighted by Crippen LogP contribution is -2.36. The van der Waals surface area contributed by atoms with Gasteiger partial charge in [-0.2, -0.15) is 0 Å². The van der Waals surface area contributed by atoms with Gasteiger partial charge in [-0.25, -0.2) is 4.39 Å². The fourth-order valence-electron chi connectivity index (χ4n) is 2.27. The highest BCUT2D eigenvalue weighted by Crippen LogP contribution is 2.16. The first-order valence-corrected chi connectivity index (χ1v) is 8.89. The predicted octanol–water partition coefficient (Wildman–Crippen LogP) is 3.77. The average Bonchev–Trinajstić information content (AvgIpc) is 2.64. The van der Waals surface area contributed by atoms with Crippen molar-refractivity contribution >= 4 is 51.8 Å². The molecule has 0 radical (unpaired) electrons. The van der Waals surface area contributed by atoms with E-state index in [1.165, 1.54) is 6.07 Å². The SMILES string of the molecule is CN=C(NCc1ccc(C(=O)N(C)C)cc1)NCc1ccc(Br)c(F)c1.I. The molecule has 0 aliphatic rings. The van der Waals surface area contributed by atoms with Gasteiger partial charge in [0.25, 0.3) is 5.91 Å². The van der Waals surface area contributed by atoms with Crippen LogP contribution in [0.25, 0.3) is 0 Å². The molecular formula is C19H23BrFIN4O. The Balaban J connectivity index is 0.00000364. The highest BCUT2D eigenvalue weighted by atomic mass is 127. The summed E-state index contributed by atoms with van der Waals surface area (Å²) in [5.74, 6) is 0.296. The molecule has 0 bridgehead atoms. The van der Waals surface area contributed by atoms with Gasteiger partial charge in [-0.1, -0.05) is 18.2 Å². The van der Waals surface area contributed by atoms with Gasteiger partial charge in [0, 0.05) is 39.8 Å². The van der Waals surface area contributed by atoms with E-state index in [-0.39, 0.29) is 35.7 Å². The largest absolute Gasteiger partial charge is 0.352 e. The molecule has 0 aliphatic heterocycles.